The Morgan fingerprint density at radius 1 is 1.30 bits per heavy atom. The highest BCUT2D eigenvalue weighted by atomic mass is 16.2. The minimum atomic E-state index is -0.00212. The molecular formula is C14H19N5O. The number of hydrogen-bond acceptors (Lipinski definition) is 4. The SMILES string of the molecule is CN1CCN(NC(=O)Cn2ccc3cccnc32)CC1. The first-order valence-corrected chi connectivity index (χ1v) is 6.85. The molecule has 1 saturated heterocycles. The van der Waals surface area contributed by atoms with Gasteiger partial charge in [0.2, 0.25) is 0 Å². The lowest BCUT2D eigenvalue weighted by Crippen LogP contribution is -2.53. The van der Waals surface area contributed by atoms with Gasteiger partial charge >= 0.3 is 0 Å². The van der Waals surface area contributed by atoms with Crippen molar-refractivity contribution >= 4 is 16.9 Å². The summed E-state index contributed by atoms with van der Waals surface area (Å²) in [6.07, 6.45) is 3.65. The molecule has 0 spiro atoms. The summed E-state index contributed by atoms with van der Waals surface area (Å²) in [5.74, 6) is -0.00212. The molecule has 6 heteroatoms. The first kappa shape index (κ1) is 13.1. The molecule has 1 N–H and O–H groups in total. The Hall–Kier alpha value is -1.92. The van der Waals surface area contributed by atoms with E-state index in [0.717, 1.165) is 37.2 Å². The fourth-order valence-electron chi connectivity index (χ4n) is 2.43. The van der Waals surface area contributed by atoms with Gasteiger partial charge in [0.1, 0.15) is 12.2 Å². The van der Waals surface area contributed by atoms with Crippen LogP contribution >= 0.6 is 0 Å². The third kappa shape index (κ3) is 2.81. The van der Waals surface area contributed by atoms with E-state index in [1.165, 1.54) is 0 Å². The second-order valence-electron chi connectivity index (χ2n) is 5.19. The summed E-state index contributed by atoms with van der Waals surface area (Å²) in [4.78, 5) is 18.7. The average Bonchev–Trinajstić information content (AvgIpc) is 2.85. The molecular weight excluding hydrogens is 254 g/mol. The summed E-state index contributed by atoms with van der Waals surface area (Å²) in [5, 5.41) is 3.04. The fourth-order valence-corrected chi connectivity index (χ4v) is 2.43. The highest BCUT2D eigenvalue weighted by Gasteiger charge is 2.16. The summed E-state index contributed by atoms with van der Waals surface area (Å²) >= 11 is 0. The van der Waals surface area contributed by atoms with Crippen LogP contribution in [0.3, 0.4) is 0 Å². The number of amides is 1. The van der Waals surface area contributed by atoms with Crippen LogP contribution in [0, 0.1) is 0 Å². The molecule has 3 rings (SSSR count). The molecule has 2 aromatic rings. The third-order valence-corrected chi connectivity index (χ3v) is 3.62. The van der Waals surface area contributed by atoms with E-state index in [4.69, 9.17) is 0 Å². The third-order valence-electron chi connectivity index (χ3n) is 3.62. The van der Waals surface area contributed by atoms with Crippen molar-refractivity contribution in [2.24, 2.45) is 0 Å². The van der Waals surface area contributed by atoms with Crippen molar-refractivity contribution in [2.45, 2.75) is 6.54 Å². The van der Waals surface area contributed by atoms with Crippen molar-refractivity contribution < 1.29 is 4.79 Å². The molecule has 1 aliphatic heterocycles. The maximum absolute atomic E-state index is 12.1. The Kier molecular flexibility index (Phi) is 3.66. The van der Waals surface area contributed by atoms with Crippen LogP contribution in [0.1, 0.15) is 0 Å². The number of aromatic nitrogens is 2. The molecule has 0 atom stereocenters. The smallest absolute Gasteiger partial charge is 0.254 e. The van der Waals surface area contributed by atoms with Crippen molar-refractivity contribution in [1.82, 2.24) is 24.9 Å². The Morgan fingerprint density at radius 3 is 2.90 bits per heavy atom. The molecule has 6 nitrogen and oxygen atoms in total. The van der Waals surface area contributed by atoms with Gasteiger partial charge in [-0.05, 0) is 25.2 Å². The van der Waals surface area contributed by atoms with Crippen LogP contribution in [0.25, 0.3) is 11.0 Å². The number of carbonyl (C=O) groups excluding carboxylic acids is 1. The summed E-state index contributed by atoms with van der Waals surface area (Å²) in [5.41, 5.74) is 3.81. The second-order valence-corrected chi connectivity index (χ2v) is 5.19. The van der Waals surface area contributed by atoms with Crippen molar-refractivity contribution in [2.75, 3.05) is 33.2 Å². The van der Waals surface area contributed by atoms with Gasteiger partial charge < -0.3 is 9.47 Å². The summed E-state index contributed by atoms with van der Waals surface area (Å²) < 4.78 is 1.88. The van der Waals surface area contributed by atoms with Crippen LogP contribution in [0.4, 0.5) is 0 Å². The first-order chi connectivity index (χ1) is 9.72. The van der Waals surface area contributed by atoms with Crippen molar-refractivity contribution in [3.63, 3.8) is 0 Å². The summed E-state index contributed by atoms with van der Waals surface area (Å²) in [6, 6.07) is 5.87. The topological polar surface area (TPSA) is 53.4 Å². The van der Waals surface area contributed by atoms with Gasteiger partial charge in [0.05, 0.1) is 0 Å². The molecule has 0 aromatic carbocycles. The van der Waals surface area contributed by atoms with Crippen molar-refractivity contribution in [3.8, 4) is 0 Å². The maximum atomic E-state index is 12.1. The zero-order chi connectivity index (χ0) is 13.9. The Labute approximate surface area is 118 Å². The van der Waals surface area contributed by atoms with E-state index >= 15 is 0 Å². The predicted octanol–water partition coefficient (Wildman–Crippen LogP) is 0.315. The monoisotopic (exact) mass is 273 g/mol. The van der Waals surface area contributed by atoms with Crippen LogP contribution in [0.2, 0.25) is 0 Å². The van der Waals surface area contributed by atoms with E-state index in [9.17, 15) is 4.79 Å². The fraction of sp³-hybridized carbons (Fsp3) is 0.429. The molecule has 106 valence electrons. The molecule has 20 heavy (non-hydrogen) atoms. The number of hydrazine groups is 1. The van der Waals surface area contributed by atoms with Gasteiger partial charge in [-0.25, -0.2) is 9.99 Å². The molecule has 1 fully saturated rings. The quantitative estimate of drug-likeness (QED) is 0.875. The zero-order valence-electron chi connectivity index (χ0n) is 11.6. The number of rotatable bonds is 3. The number of carbonyl (C=O) groups is 1. The molecule has 3 heterocycles. The number of nitrogens with zero attached hydrogens (tertiary/aromatic N) is 4. The Balaban J connectivity index is 1.61. The number of hydrogen-bond donors (Lipinski definition) is 1. The summed E-state index contributed by atoms with van der Waals surface area (Å²) in [7, 11) is 2.09. The van der Waals surface area contributed by atoms with Gasteiger partial charge in [0.15, 0.2) is 0 Å². The average molecular weight is 273 g/mol. The second kappa shape index (κ2) is 5.60. The lowest BCUT2D eigenvalue weighted by molar-refractivity contribution is -0.127. The molecule has 0 bridgehead atoms. The molecule has 1 aliphatic rings. The zero-order valence-corrected chi connectivity index (χ0v) is 11.6. The van der Waals surface area contributed by atoms with Crippen molar-refractivity contribution in [1.29, 1.82) is 0 Å². The van der Waals surface area contributed by atoms with Crippen LogP contribution in [-0.4, -0.2) is 58.6 Å². The Bertz CT molecular complexity index is 600. The normalized spacial score (nSPS) is 17.4. The van der Waals surface area contributed by atoms with Gasteiger partial charge in [-0.1, -0.05) is 0 Å². The van der Waals surface area contributed by atoms with E-state index in [1.54, 1.807) is 6.20 Å². The molecule has 2 aromatic heterocycles. The first-order valence-electron chi connectivity index (χ1n) is 6.85. The van der Waals surface area contributed by atoms with E-state index in [0.29, 0.717) is 6.54 Å². The van der Waals surface area contributed by atoms with Gasteiger partial charge in [0.25, 0.3) is 5.91 Å². The Morgan fingerprint density at radius 2 is 2.10 bits per heavy atom. The van der Waals surface area contributed by atoms with Gasteiger partial charge in [-0.15, -0.1) is 0 Å². The lowest BCUT2D eigenvalue weighted by Gasteiger charge is -2.32. The van der Waals surface area contributed by atoms with E-state index in [2.05, 4.69) is 22.4 Å². The molecule has 0 aliphatic carbocycles. The van der Waals surface area contributed by atoms with Gasteiger partial charge in [-0.2, -0.15) is 0 Å². The van der Waals surface area contributed by atoms with E-state index in [-0.39, 0.29) is 5.91 Å². The van der Waals surface area contributed by atoms with Crippen LogP contribution in [-0.2, 0) is 11.3 Å². The number of fused-ring (bicyclic) bond motifs is 1. The van der Waals surface area contributed by atoms with Crippen LogP contribution < -0.4 is 5.43 Å². The minimum Gasteiger partial charge on any atom is -0.323 e. The largest absolute Gasteiger partial charge is 0.323 e. The van der Waals surface area contributed by atoms with Gasteiger partial charge in [0, 0.05) is 44.0 Å². The highest BCUT2D eigenvalue weighted by molar-refractivity contribution is 5.80. The number of nitrogens with one attached hydrogen (secondary N) is 1. The van der Waals surface area contributed by atoms with Crippen LogP contribution in [0.15, 0.2) is 30.6 Å². The minimum absolute atomic E-state index is 0.00212. The van der Waals surface area contributed by atoms with Crippen molar-refractivity contribution in [3.05, 3.63) is 30.6 Å². The number of piperazine rings is 1. The van der Waals surface area contributed by atoms with Gasteiger partial charge in [-0.3, -0.25) is 10.2 Å². The molecule has 0 saturated carbocycles. The van der Waals surface area contributed by atoms with Crippen LogP contribution in [0.5, 0.6) is 0 Å². The maximum Gasteiger partial charge on any atom is 0.254 e. The predicted molar refractivity (Wildman–Crippen MR) is 76.9 cm³/mol. The standard InChI is InChI=1S/C14H19N5O/c1-17-7-9-19(10-8-17)16-13(20)11-18-6-4-12-3-2-5-15-14(12)18/h2-6H,7-11H2,1H3,(H,16,20). The number of pyridine rings is 1. The summed E-state index contributed by atoms with van der Waals surface area (Å²) in [6.45, 7) is 4.00. The lowest BCUT2D eigenvalue weighted by atomic mass is 10.3. The molecule has 0 unspecified atom stereocenters. The molecule has 0 radical (unpaired) electrons. The molecule has 1 amide bonds. The number of likely N-dealkylation sites (N-methyl/N-ethyl adjacent to an activating group) is 1. The van der Waals surface area contributed by atoms with E-state index < -0.39 is 0 Å². The van der Waals surface area contributed by atoms with E-state index in [1.807, 2.05) is 34.0 Å². The highest BCUT2D eigenvalue weighted by Crippen LogP contribution is 2.11.